The van der Waals surface area contributed by atoms with E-state index < -0.39 is 5.97 Å². The molecule has 2 aromatic rings. The fourth-order valence-electron chi connectivity index (χ4n) is 2.20. The lowest BCUT2D eigenvalue weighted by Crippen LogP contribution is -2.25. The fourth-order valence-corrected chi connectivity index (χ4v) is 2.20. The first-order valence-corrected chi connectivity index (χ1v) is 6.74. The number of hydrogen-bond donors (Lipinski definition) is 1. The summed E-state index contributed by atoms with van der Waals surface area (Å²) >= 11 is 0. The van der Waals surface area contributed by atoms with Crippen molar-refractivity contribution < 1.29 is 14.6 Å². The number of methoxy groups -OCH3 is 1. The first kappa shape index (κ1) is 15.3. The summed E-state index contributed by atoms with van der Waals surface area (Å²) in [5.41, 5.74) is 2.74. The maximum absolute atomic E-state index is 11.0. The summed E-state index contributed by atoms with van der Waals surface area (Å²) in [6.07, 6.45) is 0.815. The number of carbonyl (C=O) groups is 1. The largest absolute Gasteiger partial charge is 0.476 e. The van der Waals surface area contributed by atoms with Crippen LogP contribution in [0.4, 0.5) is 0 Å². The number of carboxylic acid groups (broad SMARTS) is 1. The molecule has 5 nitrogen and oxygen atoms in total. The maximum atomic E-state index is 11.0. The van der Waals surface area contributed by atoms with Gasteiger partial charge in [0.15, 0.2) is 5.69 Å². The van der Waals surface area contributed by atoms with Crippen molar-refractivity contribution in [1.82, 2.24) is 9.78 Å². The van der Waals surface area contributed by atoms with Gasteiger partial charge in [-0.15, -0.1) is 0 Å². The van der Waals surface area contributed by atoms with Gasteiger partial charge in [0.1, 0.15) is 0 Å². The van der Waals surface area contributed by atoms with Crippen molar-refractivity contribution in [1.29, 1.82) is 0 Å². The summed E-state index contributed by atoms with van der Waals surface area (Å²) in [7, 11) is 3.45. The minimum atomic E-state index is -1.02. The van der Waals surface area contributed by atoms with Gasteiger partial charge in [-0.3, -0.25) is 4.68 Å². The number of ether oxygens (including phenoxy) is 1. The van der Waals surface area contributed by atoms with Gasteiger partial charge >= 0.3 is 5.97 Å². The summed E-state index contributed by atoms with van der Waals surface area (Å²) < 4.78 is 7.01. The zero-order chi connectivity index (χ0) is 15.6. The Hall–Kier alpha value is -2.14. The van der Waals surface area contributed by atoms with Gasteiger partial charge in [-0.25, -0.2) is 4.79 Å². The Morgan fingerprint density at radius 1 is 1.33 bits per heavy atom. The van der Waals surface area contributed by atoms with Gasteiger partial charge in [-0.1, -0.05) is 24.3 Å². The molecule has 0 atom stereocenters. The highest BCUT2D eigenvalue weighted by atomic mass is 16.5. The van der Waals surface area contributed by atoms with Crippen LogP contribution in [0.1, 0.15) is 29.9 Å². The van der Waals surface area contributed by atoms with E-state index in [1.165, 1.54) is 5.56 Å². The number of aryl methyl sites for hydroxylation is 1. The molecule has 0 radical (unpaired) electrons. The Kier molecular flexibility index (Phi) is 4.14. The molecule has 0 aliphatic rings. The van der Waals surface area contributed by atoms with Gasteiger partial charge in [0.25, 0.3) is 0 Å². The quantitative estimate of drug-likeness (QED) is 0.918. The van der Waals surface area contributed by atoms with Gasteiger partial charge in [0.2, 0.25) is 0 Å². The number of rotatable bonds is 5. The van der Waals surface area contributed by atoms with Crippen LogP contribution in [0.3, 0.4) is 0 Å². The Morgan fingerprint density at radius 2 is 1.95 bits per heavy atom. The molecular weight excluding hydrogens is 268 g/mol. The maximum Gasteiger partial charge on any atom is 0.356 e. The van der Waals surface area contributed by atoms with Crippen LogP contribution in [-0.2, 0) is 18.2 Å². The Morgan fingerprint density at radius 3 is 2.43 bits per heavy atom. The predicted molar refractivity (Wildman–Crippen MR) is 80.4 cm³/mol. The van der Waals surface area contributed by atoms with Gasteiger partial charge in [-0.2, -0.15) is 5.10 Å². The highest BCUT2D eigenvalue weighted by Crippen LogP contribution is 2.22. The minimum absolute atomic E-state index is 0.0529. The van der Waals surface area contributed by atoms with Crippen molar-refractivity contribution in [3.05, 3.63) is 41.6 Å². The number of carboxylic acids is 1. The van der Waals surface area contributed by atoms with E-state index in [0.29, 0.717) is 0 Å². The van der Waals surface area contributed by atoms with Crippen LogP contribution in [0.2, 0.25) is 0 Å². The SMILES string of the molecule is COC(C)(C)Cc1ccc(-c2cc(C(=O)O)nn2C)cc1. The van der Waals surface area contributed by atoms with E-state index in [2.05, 4.69) is 5.10 Å². The first-order valence-electron chi connectivity index (χ1n) is 6.74. The second-order valence-electron chi connectivity index (χ2n) is 5.68. The molecule has 0 unspecified atom stereocenters. The predicted octanol–water partition coefficient (Wildman–Crippen LogP) is 2.75. The molecule has 1 aromatic carbocycles. The van der Waals surface area contributed by atoms with Gasteiger partial charge in [-0.05, 0) is 31.0 Å². The smallest absolute Gasteiger partial charge is 0.356 e. The molecule has 1 N–H and O–H groups in total. The molecule has 1 heterocycles. The van der Waals surface area contributed by atoms with Crippen LogP contribution in [0, 0.1) is 0 Å². The number of hydrogen-bond acceptors (Lipinski definition) is 3. The molecule has 0 bridgehead atoms. The third-order valence-electron chi connectivity index (χ3n) is 3.53. The van der Waals surface area contributed by atoms with Crippen molar-refractivity contribution >= 4 is 5.97 Å². The molecule has 0 aliphatic heterocycles. The average molecular weight is 288 g/mol. The highest BCUT2D eigenvalue weighted by Gasteiger charge is 2.17. The average Bonchev–Trinajstić information content (AvgIpc) is 2.82. The zero-order valence-electron chi connectivity index (χ0n) is 12.8. The topological polar surface area (TPSA) is 64.3 Å². The van der Waals surface area contributed by atoms with Crippen LogP contribution in [0.5, 0.6) is 0 Å². The van der Waals surface area contributed by atoms with Crippen LogP contribution >= 0.6 is 0 Å². The standard InChI is InChI=1S/C16H20N2O3/c1-16(2,21-4)10-11-5-7-12(8-6-11)14-9-13(15(19)20)17-18(14)3/h5-9H,10H2,1-4H3,(H,19,20). The Bertz CT molecular complexity index is 642. The molecule has 21 heavy (non-hydrogen) atoms. The first-order chi connectivity index (χ1) is 9.82. The van der Waals surface area contributed by atoms with Crippen molar-refractivity contribution in [2.45, 2.75) is 25.9 Å². The lowest BCUT2D eigenvalue weighted by Gasteiger charge is -2.22. The number of aromatic carboxylic acids is 1. The molecule has 0 spiro atoms. The zero-order valence-corrected chi connectivity index (χ0v) is 12.8. The second-order valence-corrected chi connectivity index (χ2v) is 5.68. The minimum Gasteiger partial charge on any atom is -0.476 e. The summed E-state index contributed by atoms with van der Waals surface area (Å²) in [4.78, 5) is 11.0. The molecule has 0 saturated heterocycles. The normalized spacial score (nSPS) is 11.6. The fraction of sp³-hybridized carbons (Fsp3) is 0.375. The highest BCUT2D eigenvalue weighted by molar-refractivity contribution is 5.87. The summed E-state index contributed by atoms with van der Waals surface area (Å²) in [5, 5.41) is 13.0. The van der Waals surface area contributed by atoms with Crippen LogP contribution in [-0.4, -0.2) is 33.6 Å². The molecular formula is C16H20N2O3. The van der Waals surface area contributed by atoms with Crippen LogP contribution < -0.4 is 0 Å². The summed E-state index contributed by atoms with van der Waals surface area (Å²) in [6, 6.07) is 9.59. The van der Waals surface area contributed by atoms with E-state index in [9.17, 15) is 4.79 Å². The number of nitrogens with zero attached hydrogens (tertiary/aromatic N) is 2. The number of benzene rings is 1. The van der Waals surface area contributed by atoms with E-state index in [4.69, 9.17) is 9.84 Å². The molecule has 5 heteroatoms. The van der Waals surface area contributed by atoms with E-state index >= 15 is 0 Å². The number of aromatic nitrogens is 2. The lowest BCUT2D eigenvalue weighted by molar-refractivity contribution is 0.0232. The van der Waals surface area contributed by atoms with E-state index in [-0.39, 0.29) is 11.3 Å². The second kappa shape index (κ2) is 5.69. The van der Waals surface area contributed by atoms with Crippen LogP contribution in [0.15, 0.2) is 30.3 Å². The van der Waals surface area contributed by atoms with Gasteiger partial charge in [0, 0.05) is 20.6 Å². The third-order valence-corrected chi connectivity index (χ3v) is 3.53. The molecule has 0 amide bonds. The van der Waals surface area contributed by atoms with Crippen molar-refractivity contribution in [2.75, 3.05) is 7.11 Å². The van der Waals surface area contributed by atoms with E-state index in [1.807, 2.05) is 38.1 Å². The lowest BCUT2D eigenvalue weighted by atomic mass is 9.97. The van der Waals surface area contributed by atoms with Gasteiger partial charge < -0.3 is 9.84 Å². The molecule has 1 aromatic heterocycles. The molecule has 0 aliphatic carbocycles. The van der Waals surface area contributed by atoms with Crippen LogP contribution in [0.25, 0.3) is 11.3 Å². The van der Waals surface area contributed by atoms with Crippen molar-refractivity contribution in [2.24, 2.45) is 7.05 Å². The van der Waals surface area contributed by atoms with E-state index in [1.54, 1.807) is 24.9 Å². The Balaban J connectivity index is 2.25. The summed E-state index contributed by atoms with van der Waals surface area (Å²) in [5.74, 6) is -1.02. The summed E-state index contributed by atoms with van der Waals surface area (Å²) in [6.45, 7) is 4.09. The third kappa shape index (κ3) is 3.49. The van der Waals surface area contributed by atoms with Crippen molar-refractivity contribution in [3.8, 4) is 11.3 Å². The van der Waals surface area contributed by atoms with Crippen molar-refractivity contribution in [3.63, 3.8) is 0 Å². The Labute approximate surface area is 124 Å². The molecule has 0 fully saturated rings. The monoisotopic (exact) mass is 288 g/mol. The molecule has 112 valence electrons. The van der Waals surface area contributed by atoms with E-state index in [0.717, 1.165) is 17.7 Å². The molecule has 0 saturated carbocycles. The molecule has 2 rings (SSSR count). The van der Waals surface area contributed by atoms with Gasteiger partial charge in [0.05, 0.1) is 11.3 Å².